The lowest BCUT2D eigenvalue weighted by Gasteiger charge is -2.16. The highest BCUT2D eigenvalue weighted by Gasteiger charge is 2.28. The highest BCUT2D eigenvalue weighted by atomic mass is 32.1. The topological polar surface area (TPSA) is 30.7 Å². The first-order valence-electron chi connectivity index (χ1n) is 27.8. The maximum atomic E-state index is 16.8. The summed E-state index contributed by atoms with van der Waals surface area (Å²) in [6, 6.07) is 4.29. The van der Waals surface area contributed by atoms with Crippen molar-refractivity contribution in [1.29, 1.82) is 0 Å². The van der Waals surface area contributed by atoms with Crippen LogP contribution in [0.1, 0.15) is 264 Å². The molecule has 65 heavy (non-hydrogen) atoms. The Kier molecular flexibility index (Phi) is 29.2. The van der Waals surface area contributed by atoms with E-state index in [1.807, 2.05) is 0 Å². The molecule has 0 saturated carbocycles. The molecule has 0 radical (unpaired) electrons. The quantitative estimate of drug-likeness (QED) is 0.0415. The molecule has 2 atom stereocenters. The number of thiophene rings is 2. The third kappa shape index (κ3) is 20.6. The molecule has 0 amide bonds. The summed E-state index contributed by atoms with van der Waals surface area (Å²) in [6.07, 6.45) is 46.2. The number of halogens is 2. The van der Waals surface area contributed by atoms with Gasteiger partial charge in [0.05, 0.1) is 17.7 Å². The highest BCUT2D eigenvalue weighted by Crippen LogP contribution is 2.43. The first-order valence-corrected chi connectivity index (χ1v) is 29.6. The number of unbranched alkanes of at least 4 members (excludes halogenated alkanes) is 25. The fraction of sp³-hybridized carbons (Fsp3) is 0.759. The molecular weight excluding hydrogens is 841 g/mol. The number of benzene rings is 1. The van der Waals surface area contributed by atoms with Gasteiger partial charge in [-0.3, -0.25) is 0 Å². The molecule has 4 aromatic rings. The van der Waals surface area contributed by atoms with Crippen LogP contribution >= 0.6 is 22.7 Å². The molecular formula is C58H95F2N3S2. The second kappa shape index (κ2) is 34.2. The third-order valence-electron chi connectivity index (χ3n) is 14.2. The van der Waals surface area contributed by atoms with E-state index in [2.05, 4.69) is 57.5 Å². The summed E-state index contributed by atoms with van der Waals surface area (Å²) in [6.45, 7) is 11.9. The summed E-state index contributed by atoms with van der Waals surface area (Å²) >= 11 is 3.09. The van der Waals surface area contributed by atoms with E-state index < -0.39 is 11.6 Å². The number of hydrogen-bond donors (Lipinski definition) is 0. The van der Waals surface area contributed by atoms with Gasteiger partial charge in [-0.05, 0) is 65.1 Å². The van der Waals surface area contributed by atoms with Crippen LogP contribution in [-0.4, -0.2) is 15.0 Å². The Morgan fingerprint density at radius 1 is 0.415 bits per heavy atom. The van der Waals surface area contributed by atoms with Crippen LogP contribution in [0.4, 0.5) is 8.78 Å². The number of hydrogen-bond acceptors (Lipinski definition) is 4. The van der Waals surface area contributed by atoms with Gasteiger partial charge in [0.2, 0.25) is 0 Å². The predicted molar refractivity (Wildman–Crippen MR) is 284 cm³/mol. The molecule has 0 N–H and O–H groups in total. The van der Waals surface area contributed by atoms with Crippen LogP contribution in [0.5, 0.6) is 0 Å². The molecule has 0 aliphatic carbocycles. The second-order valence-electron chi connectivity index (χ2n) is 20.1. The van der Waals surface area contributed by atoms with Crippen molar-refractivity contribution in [3.63, 3.8) is 0 Å². The van der Waals surface area contributed by atoms with E-state index in [9.17, 15) is 0 Å². The molecule has 0 fully saturated rings. The van der Waals surface area contributed by atoms with Crippen LogP contribution in [-0.2, 0) is 19.4 Å². The molecule has 0 saturated heterocycles. The van der Waals surface area contributed by atoms with Crippen LogP contribution in [0.25, 0.3) is 31.9 Å². The average molecular weight is 937 g/mol. The largest absolute Gasteiger partial charge is 0.203 e. The predicted octanol–water partition coefficient (Wildman–Crippen LogP) is 20.8. The summed E-state index contributed by atoms with van der Waals surface area (Å²) in [5.74, 6) is -0.309. The van der Waals surface area contributed by atoms with Crippen LogP contribution in [0.3, 0.4) is 0 Å². The summed E-state index contributed by atoms with van der Waals surface area (Å²) < 4.78 is 33.7. The van der Waals surface area contributed by atoms with Gasteiger partial charge in [-0.2, -0.15) is 15.0 Å². The van der Waals surface area contributed by atoms with Crippen molar-refractivity contribution in [2.75, 3.05) is 0 Å². The Hall–Kier alpha value is -2.12. The molecule has 0 bridgehead atoms. The van der Waals surface area contributed by atoms with Crippen molar-refractivity contribution in [2.45, 2.75) is 272 Å². The van der Waals surface area contributed by atoms with Gasteiger partial charge in [0.15, 0.2) is 11.6 Å². The smallest absolute Gasteiger partial charge is 0.170 e. The fourth-order valence-corrected chi connectivity index (χ4v) is 12.0. The van der Waals surface area contributed by atoms with E-state index in [0.717, 1.165) is 35.4 Å². The van der Waals surface area contributed by atoms with Gasteiger partial charge in [0.25, 0.3) is 0 Å². The summed E-state index contributed by atoms with van der Waals surface area (Å²) in [5, 5.41) is 14.3. The van der Waals surface area contributed by atoms with E-state index in [0.29, 0.717) is 29.4 Å². The fourth-order valence-electron chi connectivity index (χ4n) is 10.1. The van der Waals surface area contributed by atoms with E-state index >= 15 is 8.78 Å². The monoisotopic (exact) mass is 936 g/mol. The zero-order chi connectivity index (χ0) is 46.3. The van der Waals surface area contributed by atoms with E-state index in [1.54, 1.807) is 27.5 Å². The average Bonchev–Trinajstić information content (AvgIpc) is 4.08. The van der Waals surface area contributed by atoms with Gasteiger partial charge in [0.1, 0.15) is 11.0 Å². The zero-order valence-corrected chi connectivity index (χ0v) is 44.2. The normalized spacial score (nSPS) is 12.8. The van der Waals surface area contributed by atoms with Gasteiger partial charge in [-0.25, -0.2) is 8.78 Å². The molecule has 2 unspecified atom stereocenters. The minimum atomic E-state index is -0.781. The Bertz CT molecular complexity index is 1670. The number of nitrogens with zero attached hydrogens (tertiary/aromatic N) is 3. The van der Waals surface area contributed by atoms with Crippen LogP contribution in [0.15, 0.2) is 22.9 Å². The minimum absolute atomic E-state index is 0.289. The number of rotatable bonds is 41. The van der Waals surface area contributed by atoms with E-state index in [4.69, 9.17) is 10.2 Å². The summed E-state index contributed by atoms with van der Waals surface area (Å²) in [5.41, 5.74) is 4.07. The Morgan fingerprint density at radius 2 is 0.708 bits per heavy atom. The third-order valence-corrected chi connectivity index (χ3v) is 16.2. The van der Waals surface area contributed by atoms with E-state index in [-0.39, 0.29) is 11.1 Å². The lowest BCUT2D eigenvalue weighted by atomic mass is 9.89. The van der Waals surface area contributed by atoms with Crippen molar-refractivity contribution in [3.05, 3.63) is 45.7 Å². The summed E-state index contributed by atoms with van der Waals surface area (Å²) in [7, 11) is 0. The number of aromatic nitrogens is 3. The van der Waals surface area contributed by atoms with E-state index in [1.165, 1.54) is 217 Å². The van der Waals surface area contributed by atoms with Gasteiger partial charge in [-0.15, -0.1) is 22.7 Å². The molecule has 0 aliphatic rings. The Labute approximate surface area is 406 Å². The number of aryl methyl sites for hydroxylation is 1. The SMILES string of the molecule is CCCCCCCCCCC(CCCCCCCC)Cc1csc(-c2c(F)c(F)c(-c3cc(CC(CCCCCCCC)CCCCCCCCCC)cs3)c3nn(CCCC)nc23)c1. The number of fused-ring (bicyclic) bond motifs is 1. The molecule has 4 rings (SSSR count). The Balaban J connectivity index is 1.52. The second-order valence-corrected chi connectivity index (χ2v) is 22.0. The van der Waals surface area contributed by atoms with Gasteiger partial charge >= 0.3 is 0 Å². The van der Waals surface area contributed by atoms with Crippen molar-refractivity contribution in [1.82, 2.24) is 15.0 Å². The Morgan fingerprint density at radius 3 is 1.02 bits per heavy atom. The first-order chi connectivity index (χ1) is 31.9. The van der Waals surface area contributed by atoms with Crippen molar-refractivity contribution < 1.29 is 8.78 Å². The van der Waals surface area contributed by atoms with Gasteiger partial charge in [-0.1, -0.05) is 247 Å². The van der Waals surface area contributed by atoms with Crippen LogP contribution in [0, 0.1) is 23.5 Å². The molecule has 3 heterocycles. The molecule has 368 valence electrons. The lowest BCUT2D eigenvalue weighted by molar-refractivity contribution is 0.400. The first kappa shape index (κ1) is 55.5. The zero-order valence-electron chi connectivity index (χ0n) is 42.5. The standard InChI is InChI=1S/C58H95F2N3S2/c1-6-11-16-20-24-26-30-34-38-47(36-32-28-22-18-13-8-3)41-49-43-51(64-45-49)53-55(59)56(60)54(58-57(53)61-63(62-58)40-15-10-5)52-44-50(46-65-52)42-48(37-33-29-23-19-14-9-4)39-35-31-27-25-21-17-12-7-2/h43-48H,6-42H2,1-5H3. The van der Waals surface area contributed by atoms with Crippen molar-refractivity contribution in [2.24, 2.45) is 11.8 Å². The summed E-state index contributed by atoms with van der Waals surface area (Å²) in [4.78, 5) is 3.24. The molecule has 0 aliphatic heterocycles. The molecule has 3 nitrogen and oxygen atoms in total. The van der Waals surface area contributed by atoms with Gasteiger partial charge in [0, 0.05) is 9.75 Å². The molecule has 3 aromatic heterocycles. The maximum Gasteiger partial charge on any atom is 0.170 e. The minimum Gasteiger partial charge on any atom is -0.203 e. The van der Waals surface area contributed by atoms with Crippen LogP contribution in [0.2, 0.25) is 0 Å². The molecule has 1 aromatic carbocycles. The highest BCUT2D eigenvalue weighted by molar-refractivity contribution is 7.14. The molecule has 7 heteroatoms. The van der Waals surface area contributed by atoms with Gasteiger partial charge < -0.3 is 0 Å². The van der Waals surface area contributed by atoms with Crippen LogP contribution < -0.4 is 0 Å². The maximum absolute atomic E-state index is 16.8. The van der Waals surface area contributed by atoms with Crippen molar-refractivity contribution in [3.8, 4) is 20.9 Å². The lowest BCUT2D eigenvalue weighted by Crippen LogP contribution is -2.05. The molecule has 0 spiro atoms. The van der Waals surface area contributed by atoms with Crippen molar-refractivity contribution >= 4 is 33.7 Å².